The van der Waals surface area contributed by atoms with E-state index in [2.05, 4.69) is 0 Å². The molecule has 124 valence electrons. The predicted octanol–water partition coefficient (Wildman–Crippen LogP) is -4.00. The number of hydrogen-bond acceptors (Lipinski definition) is 9. The molecule has 0 bridgehead atoms. The van der Waals surface area contributed by atoms with Gasteiger partial charge in [0.05, 0.1) is 19.3 Å². The first-order chi connectivity index (χ1) is 9.77. The Balaban J connectivity index is 2.48. The van der Waals surface area contributed by atoms with Gasteiger partial charge in [-0.3, -0.25) is 0 Å². The van der Waals surface area contributed by atoms with Crippen molar-refractivity contribution in [2.24, 2.45) is 0 Å². The van der Waals surface area contributed by atoms with Gasteiger partial charge in [-0.15, -0.1) is 0 Å². The first kappa shape index (κ1) is 18.2. The molecule has 1 aliphatic heterocycles. The fraction of sp³-hybridized carbons (Fsp3) is 0.909. The van der Waals surface area contributed by atoms with Crippen LogP contribution in [0.4, 0.5) is 0 Å². The summed E-state index contributed by atoms with van der Waals surface area (Å²) in [5.74, 6) is -1.50. The third-order valence-electron chi connectivity index (χ3n) is 3.08. The van der Waals surface area contributed by atoms with Crippen molar-refractivity contribution in [2.75, 3.05) is 13.2 Å². The van der Waals surface area contributed by atoms with Crippen molar-refractivity contribution in [3.8, 4) is 0 Å². The van der Waals surface area contributed by atoms with Gasteiger partial charge in [0.2, 0.25) is 0 Å². The number of ether oxygens (including phenoxy) is 2. The lowest BCUT2D eigenvalue weighted by atomic mass is 9.99. The second-order valence-electron chi connectivity index (χ2n) is 4.77. The third kappa shape index (κ3) is 4.83. The van der Waals surface area contributed by atoms with Crippen molar-refractivity contribution < 1.29 is 50.0 Å². The van der Waals surface area contributed by atoms with E-state index >= 15 is 0 Å². The molecule has 7 N–H and O–H groups in total. The third-order valence-corrected chi connectivity index (χ3v) is 3.08. The maximum Gasteiger partial charge on any atom is 0.332 e. The second-order valence-corrected chi connectivity index (χ2v) is 4.77. The summed E-state index contributed by atoms with van der Waals surface area (Å²) in [6.07, 6.45) is -10.9. The van der Waals surface area contributed by atoms with Crippen LogP contribution in [0.15, 0.2) is 0 Å². The van der Waals surface area contributed by atoms with E-state index in [1.807, 2.05) is 0 Å². The Bertz CT molecular complexity index is 335. The zero-order valence-electron chi connectivity index (χ0n) is 11.0. The Labute approximate surface area is 119 Å². The monoisotopic (exact) mass is 312 g/mol. The summed E-state index contributed by atoms with van der Waals surface area (Å²) in [4.78, 5) is 10.4. The normalized spacial score (nSPS) is 36.2. The lowest BCUT2D eigenvalue weighted by molar-refractivity contribution is -0.304. The summed E-state index contributed by atoms with van der Waals surface area (Å²) in [6, 6.07) is 0. The standard InChI is InChI=1S/C11H20O10/c12-2-6-7(15)8(16)9(17)11(21-6)20-3-4(13)1-5(14)10(18)19/h4-9,11-17H,1-3H2,(H,18,19). The van der Waals surface area contributed by atoms with Crippen LogP contribution in [-0.2, 0) is 14.3 Å². The van der Waals surface area contributed by atoms with Gasteiger partial charge in [0.1, 0.15) is 24.4 Å². The minimum Gasteiger partial charge on any atom is -0.479 e. The summed E-state index contributed by atoms with van der Waals surface area (Å²) >= 11 is 0. The average Bonchev–Trinajstić information content (AvgIpc) is 2.44. The van der Waals surface area contributed by atoms with E-state index in [9.17, 15) is 25.2 Å². The van der Waals surface area contributed by atoms with Crippen molar-refractivity contribution in [2.45, 2.75) is 49.3 Å². The van der Waals surface area contributed by atoms with E-state index in [-0.39, 0.29) is 0 Å². The van der Waals surface area contributed by atoms with Crippen LogP contribution in [-0.4, -0.2) is 97.8 Å². The molecule has 0 saturated carbocycles. The molecule has 7 unspecified atom stereocenters. The highest BCUT2D eigenvalue weighted by Gasteiger charge is 2.44. The zero-order valence-corrected chi connectivity index (χ0v) is 11.0. The van der Waals surface area contributed by atoms with Crippen molar-refractivity contribution in [3.63, 3.8) is 0 Å². The first-order valence-electron chi connectivity index (χ1n) is 6.29. The molecule has 1 aliphatic rings. The Hall–Kier alpha value is -0.850. The fourth-order valence-electron chi connectivity index (χ4n) is 1.84. The van der Waals surface area contributed by atoms with Crippen LogP contribution in [0.2, 0.25) is 0 Å². The van der Waals surface area contributed by atoms with Gasteiger partial charge >= 0.3 is 5.97 Å². The van der Waals surface area contributed by atoms with E-state index in [1.165, 1.54) is 0 Å². The number of carboxylic acids is 1. The molecule has 1 fully saturated rings. The molecule has 1 rings (SSSR count). The number of aliphatic hydroxyl groups excluding tert-OH is 6. The number of carbonyl (C=O) groups is 1. The number of carboxylic acid groups (broad SMARTS) is 1. The molecule has 0 aromatic carbocycles. The number of rotatable bonds is 7. The lowest BCUT2D eigenvalue weighted by Gasteiger charge is -2.39. The molecular weight excluding hydrogens is 292 g/mol. The Morgan fingerprint density at radius 2 is 1.76 bits per heavy atom. The average molecular weight is 312 g/mol. The highest BCUT2D eigenvalue weighted by molar-refractivity contribution is 5.71. The molecule has 0 amide bonds. The van der Waals surface area contributed by atoms with Crippen LogP contribution >= 0.6 is 0 Å². The van der Waals surface area contributed by atoms with Crippen LogP contribution in [0.3, 0.4) is 0 Å². The summed E-state index contributed by atoms with van der Waals surface area (Å²) in [5, 5.41) is 64.6. The maximum absolute atomic E-state index is 10.4. The van der Waals surface area contributed by atoms with Crippen molar-refractivity contribution in [1.82, 2.24) is 0 Å². The molecule has 10 nitrogen and oxygen atoms in total. The van der Waals surface area contributed by atoms with Crippen LogP contribution in [0.25, 0.3) is 0 Å². The Morgan fingerprint density at radius 3 is 2.29 bits per heavy atom. The smallest absolute Gasteiger partial charge is 0.332 e. The molecule has 0 spiro atoms. The quantitative estimate of drug-likeness (QED) is 0.245. The summed E-state index contributed by atoms with van der Waals surface area (Å²) in [5.41, 5.74) is 0. The first-order valence-corrected chi connectivity index (χ1v) is 6.29. The number of aliphatic hydroxyl groups is 6. The topological polar surface area (TPSA) is 177 Å². The number of hydrogen-bond donors (Lipinski definition) is 7. The van der Waals surface area contributed by atoms with E-state index < -0.39 is 68.5 Å². The van der Waals surface area contributed by atoms with E-state index in [1.54, 1.807) is 0 Å². The largest absolute Gasteiger partial charge is 0.479 e. The molecule has 0 aromatic heterocycles. The Morgan fingerprint density at radius 1 is 1.14 bits per heavy atom. The maximum atomic E-state index is 10.4. The Kier molecular flexibility index (Phi) is 6.90. The van der Waals surface area contributed by atoms with E-state index in [4.69, 9.17) is 24.8 Å². The molecule has 0 aliphatic carbocycles. The minimum atomic E-state index is -1.77. The van der Waals surface area contributed by atoms with Gasteiger partial charge in [-0.05, 0) is 0 Å². The molecule has 1 saturated heterocycles. The van der Waals surface area contributed by atoms with Crippen molar-refractivity contribution >= 4 is 5.97 Å². The second kappa shape index (κ2) is 7.96. The van der Waals surface area contributed by atoms with Crippen LogP contribution < -0.4 is 0 Å². The molecule has 21 heavy (non-hydrogen) atoms. The molecular formula is C11H20O10. The van der Waals surface area contributed by atoms with Gasteiger partial charge in [-0.1, -0.05) is 0 Å². The summed E-state index contributed by atoms with van der Waals surface area (Å²) in [6.45, 7) is -1.10. The molecule has 7 atom stereocenters. The fourth-order valence-corrected chi connectivity index (χ4v) is 1.84. The zero-order chi connectivity index (χ0) is 16.2. The highest BCUT2D eigenvalue weighted by Crippen LogP contribution is 2.22. The van der Waals surface area contributed by atoms with Crippen LogP contribution in [0, 0.1) is 0 Å². The van der Waals surface area contributed by atoms with Gasteiger partial charge in [0.25, 0.3) is 0 Å². The highest BCUT2D eigenvalue weighted by atomic mass is 16.7. The summed E-state index contributed by atoms with van der Waals surface area (Å²) in [7, 11) is 0. The van der Waals surface area contributed by atoms with Gasteiger partial charge in [0, 0.05) is 6.42 Å². The molecule has 0 aromatic rings. The van der Waals surface area contributed by atoms with Gasteiger partial charge in [-0.2, -0.15) is 0 Å². The van der Waals surface area contributed by atoms with Crippen LogP contribution in [0.5, 0.6) is 0 Å². The van der Waals surface area contributed by atoms with Crippen molar-refractivity contribution in [1.29, 1.82) is 0 Å². The van der Waals surface area contributed by atoms with Crippen LogP contribution in [0.1, 0.15) is 6.42 Å². The molecule has 0 radical (unpaired) electrons. The molecule has 1 heterocycles. The van der Waals surface area contributed by atoms with Gasteiger partial charge in [0.15, 0.2) is 12.4 Å². The van der Waals surface area contributed by atoms with E-state index in [0.29, 0.717) is 0 Å². The molecule has 10 heteroatoms. The summed E-state index contributed by atoms with van der Waals surface area (Å²) < 4.78 is 9.99. The van der Waals surface area contributed by atoms with Gasteiger partial charge in [-0.25, -0.2) is 4.79 Å². The van der Waals surface area contributed by atoms with E-state index in [0.717, 1.165) is 0 Å². The van der Waals surface area contributed by atoms with Gasteiger partial charge < -0.3 is 45.2 Å². The minimum absolute atomic E-state index is 0.479. The number of aliphatic carboxylic acids is 1. The van der Waals surface area contributed by atoms with Crippen molar-refractivity contribution in [3.05, 3.63) is 0 Å². The SMILES string of the molecule is O=C(O)C(O)CC(O)COC1OC(CO)C(O)C(O)C1O. The predicted molar refractivity (Wildman–Crippen MR) is 64.0 cm³/mol. The lowest BCUT2D eigenvalue weighted by Crippen LogP contribution is -2.59.